The maximum absolute atomic E-state index is 15.3. The Morgan fingerprint density at radius 1 is 0.877 bits per heavy atom. The normalized spacial score (nSPS) is 15.5. The molecule has 5 aromatic rings. The molecule has 7 rings (SSSR count). The second-order valence-electron chi connectivity index (χ2n) is 15.5. The quantitative estimate of drug-likeness (QED) is 0.141. The number of hydrogen-bond donors (Lipinski definition) is 1. The number of amides is 2. The van der Waals surface area contributed by atoms with E-state index < -0.39 is 0 Å². The minimum absolute atomic E-state index is 0.200. The van der Waals surface area contributed by atoms with Crippen molar-refractivity contribution in [2.75, 3.05) is 65.9 Å². The third-order valence-corrected chi connectivity index (χ3v) is 11.3. The van der Waals surface area contributed by atoms with Crippen LogP contribution in [-0.2, 0) is 37.3 Å². The average Bonchev–Trinajstić information content (AvgIpc) is 3.65. The summed E-state index contributed by atoms with van der Waals surface area (Å²) in [6.07, 6.45) is 4.35. The van der Waals surface area contributed by atoms with Crippen LogP contribution in [0, 0.1) is 5.82 Å². The Bertz CT molecular complexity index is 2210. The highest BCUT2D eigenvalue weighted by molar-refractivity contribution is 6.00. The van der Waals surface area contributed by atoms with E-state index in [4.69, 9.17) is 9.72 Å². The van der Waals surface area contributed by atoms with Crippen molar-refractivity contribution in [3.63, 3.8) is 0 Å². The first-order valence-corrected chi connectivity index (χ1v) is 20.2. The van der Waals surface area contributed by atoms with Crippen LogP contribution in [0.5, 0.6) is 0 Å². The fraction of sp³-hybridized carbons (Fsp3) is 0.422. The zero-order valence-corrected chi connectivity index (χ0v) is 33.9. The summed E-state index contributed by atoms with van der Waals surface area (Å²) in [6.45, 7) is 11.8. The number of anilines is 1. The number of fused-ring (bicyclic) bond motifs is 1. The number of pyridine rings is 1. The molecule has 4 heterocycles. The number of carbonyl (C=O) groups is 2. The first-order chi connectivity index (χ1) is 27.6. The monoisotopic (exact) mass is 774 g/mol. The molecule has 57 heavy (non-hydrogen) atoms. The molecule has 11 nitrogen and oxygen atoms in total. The van der Waals surface area contributed by atoms with E-state index in [-0.39, 0.29) is 30.2 Å². The Labute approximate surface area is 335 Å². The first-order valence-electron chi connectivity index (χ1n) is 20.2. The van der Waals surface area contributed by atoms with Gasteiger partial charge < -0.3 is 24.8 Å². The molecule has 0 spiro atoms. The third-order valence-electron chi connectivity index (χ3n) is 11.3. The fourth-order valence-corrected chi connectivity index (χ4v) is 7.95. The number of ether oxygens (including phenoxy) is 1. The van der Waals surface area contributed by atoms with Gasteiger partial charge in [0, 0.05) is 114 Å². The molecule has 0 radical (unpaired) electrons. The van der Waals surface area contributed by atoms with Crippen LogP contribution in [-0.4, -0.2) is 113 Å². The standard InChI is InChI=1S/C45H55FN8O3/c1-6-41-39(42(48-36-16-22-57-23-17-36)38-27-47-54(7-2)43(38)49-41)30-52(5)45(56)35-13-9-12-34(26-35)44(55)51(4)28-32-14-15-40(46)37(25-32)33-11-8-10-31(24-33)29-53-20-18-50(3)19-21-53/h8-15,24-27,36H,6-7,16-23,28-30H2,1-5H3,(H,48,49). The van der Waals surface area contributed by atoms with Gasteiger partial charge in [-0.25, -0.2) is 14.1 Å². The molecule has 1 N–H and O–H groups in total. The fourth-order valence-electron chi connectivity index (χ4n) is 7.95. The van der Waals surface area contributed by atoms with E-state index in [0.29, 0.717) is 49.4 Å². The molecule has 0 saturated carbocycles. The molecule has 0 unspecified atom stereocenters. The van der Waals surface area contributed by atoms with Crippen LogP contribution < -0.4 is 5.32 Å². The maximum Gasteiger partial charge on any atom is 0.253 e. The lowest BCUT2D eigenvalue weighted by Gasteiger charge is -2.32. The molecule has 2 saturated heterocycles. The third kappa shape index (κ3) is 9.19. The number of nitrogens with one attached hydrogen (secondary N) is 1. The minimum atomic E-state index is -0.302. The number of carbonyl (C=O) groups excluding carboxylic acids is 2. The van der Waals surface area contributed by atoms with Gasteiger partial charge >= 0.3 is 0 Å². The van der Waals surface area contributed by atoms with Crippen LogP contribution in [0.3, 0.4) is 0 Å². The number of aromatic nitrogens is 3. The van der Waals surface area contributed by atoms with Crippen LogP contribution in [0.1, 0.15) is 69.8 Å². The number of halogens is 1. The Morgan fingerprint density at radius 3 is 2.28 bits per heavy atom. The van der Waals surface area contributed by atoms with E-state index in [1.165, 1.54) is 6.07 Å². The van der Waals surface area contributed by atoms with Gasteiger partial charge in [0.25, 0.3) is 11.8 Å². The van der Waals surface area contributed by atoms with Crippen molar-refractivity contribution in [1.29, 1.82) is 0 Å². The molecule has 300 valence electrons. The number of benzene rings is 3. The van der Waals surface area contributed by atoms with E-state index in [9.17, 15) is 9.59 Å². The van der Waals surface area contributed by atoms with Gasteiger partial charge in [-0.2, -0.15) is 5.10 Å². The van der Waals surface area contributed by atoms with E-state index in [1.807, 2.05) is 29.1 Å². The van der Waals surface area contributed by atoms with Crippen molar-refractivity contribution in [2.45, 2.75) is 65.3 Å². The molecular formula is C45H55FN8O3. The van der Waals surface area contributed by atoms with Crippen LogP contribution in [0.25, 0.3) is 22.2 Å². The predicted molar refractivity (Wildman–Crippen MR) is 223 cm³/mol. The molecule has 2 aromatic heterocycles. The lowest BCUT2D eigenvalue weighted by atomic mass is 9.99. The summed E-state index contributed by atoms with van der Waals surface area (Å²) in [6, 6.07) is 20.2. The van der Waals surface area contributed by atoms with Gasteiger partial charge in [0.1, 0.15) is 5.82 Å². The SMILES string of the molecule is CCc1nc2c(cnn2CC)c(NC2CCOCC2)c1CN(C)C(=O)c1cccc(C(=O)N(C)Cc2ccc(F)c(-c3cccc(CN4CCN(C)CC4)c3)c2)c1. The summed E-state index contributed by atoms with van der Waals surface area (Å²) in [5.41, 5.74) is 7.79. The van der Waals surface area contributed by atoms with Crippen LogP contribution in [0.15, 0.2) is 72.9 Å². The van der Waals surface area contributed by atoms with Crippen LogP contribution >= 0.6 is 0 Å². The molecule has 2 fully saturated rings. The molecule has 0 bridgehead atoms. The van der Waals surface area contributed by atoms with Crippen molar-refractivity contribution >= 4 is 28.5 Å². The van der Waals surface area contributed by atoms with Gasteiger partial charge in [-0.05, 0) is 86.3 Å². The smallest absolute Gasteiger partial charge is 0.253 e. The van der Waals surface area contributed by atoms with Gasteiger partial charge in [-0.15, -0.1) is 0 Å². The second-order valence-corrected chi connectivity index (χ2v) is 15.5. The molecule has 3 aromatic carbocycles. The number of nitrogens with zero attached hydrogens (tertiary/aromatic N) is 7. The average molecular weight is 775 g/mol. The maximum atomic E-state index is 15.3. The molecule has 12 heteroatoms. The summed E-state index contributed by atoms with van der Waals surface area (Å²) in [7, 11) is 5.66. The molecule has 0 aliphatic carbocycles. The molecule has 2 amide bonds. The Balaban J connectivity index is 1.06. The Hall–Kier alpha value is -5.17. The van der Waals surface area contributed by atoms with Gasteiger partial charge in [0.05, 0.1) is 17.3 Å². The number of rotatable bonds is 13. The minimum Gasteiger partial charge on any atom is -0.381 e. The summed E-state index contributed by atoms with van der Waals surface area (Å²) in [4.78, 5) is 40.9. The number of aryl methyl sites for hydroxylation is 2. The highest BCUT2D eigenvalue weighted by atomic mass is 19.1. The Kier molecular flexibility index (Phi) is 12.6. The lowest BCUT2D eigenvalue weighted by Crippen LogP contribution is -2.43. The highest BCUT2D eigenvalue weighted by Gasteiger charge is 2.25. The van der Waals surface area contributed by atoms with Crippen molar-refractivity contribution in [3.05, 3.63) is 112 Å². The van der Waals surface area contributed by atoms with Gasteiger partial charge in [0.2, 0.25) is 0 Å². The van der Waals surface area contributed by atoms with Gasteiger partial charge in [-0.3, -0.25) is 14.5 Å². The summed E-state index contributed by atoms with van der Waals surface area (Å²) in [5, 5.41) is 9.35. The second kappa shape index (κ2) is 18.0. The van der Waals surface area contributed by atoms with Crippen molar-refractivity contribution in [2.24, 2.45) is 0 Å². The number of hydrogen-bond acceptors (Lipinski definition) is 8. The van der Waals surface area contributed by atoms with Crippen molar-refractivity contribution < 1.29 is 18.7 Å². The molecule has 2 aliphatic heterocycles. The number of likely N-dealkylation sites (N-methyl/N-ethyl adjacent to an activating group) is 1. The van der Waals surface area contributed by atoms with Gasteiger partial charge in [0.15, 0.2) is 5.65 Å². The predicted octanol–water partition coefficient (Wildman–Crippen LogP) is 6.70. The Morgan fingerprint density at radius 2 is 1.58 bits per heavy atom. The lowest BCUT2D eigenvalue weighted by molar-refractivity contribution is 0.0783. The van der Waals surface area contributed by atoms with Crippen molar-refractivity contribution in [3.8, 4) is 11.1 Å². The van der Waals surface area contributed by atoms with E-state index in [2.05, 4.69) is 53.2 Å². The topological polar surface area (TPSA) is 99.1 Å². The zero-order chi connectivity index (χ0) is 40.1. The largest absolute Gasteiger partial charge is 0.381 e. The van der Waals surface area contributed by atoms with E-state index in [0.717, 1.165) is 90.2 Å². The molecular weight excluding hydrogens is 720 g/mol. The van der Waals surface area contributed by atoms with E-state index >= 15 is 4.39 Å². The zero-order valence-electron chi connectivity index (χ0n) is 33.9. The molecule has 0 atom stereocenters. The first kappa shape index (κ1) is 40.0. The molecule has 2 aliphatic rings. The highest BCUT2D eigenvalue weighted by Crippen LogP contribution is 2.33. The van der Waals surface area contributed by atoms with E-state index in [1.54, 1.807) is 54.2 Å². The summed E-state index contributed by atoms with van der Waals surface area (Å²) < 4.78 is 22.8. The van der Waals surface area contributed by atoms with Gasteiger partial charge in [-0.1, -0.05) is 37.3 Å². The number of piperazine rings is 1. The van der Waals surface area contributed by atoms with Crippen LogP contribution in [0.4, 0.5) is 10.1 Å². The summed E-state index contributed by atoms with van der Waals surface area (Å²) in [5.74, 6) is -0.732. The van der Waals surface area contributed by atoms with Crippen LogP contribution in [0.2, 0.25) is 0 Å². The summed E-state index contributed by atoms with van der Waals surface area (Å²) >= 11 is 0. The van der Waals surface area contributed by atoms with Crippen molar-refractivity contribution in [1.82, 2.24) is 34.4 Å².